The number of benzene rings is 2. The second-order valence-corrected chi connectivity index (χ2v) is 11.0. The maximum Gasteiger partial charge on any atom is 0.260 e. The normalized spacial score (nSPS) is 11.5. The minimum absolute atomic E-state index is 0. The maximum absolute atomic E-state index is 13.4. The van der Waals surface area contributed by atoms with Crippen LogP contribution in [0.2, 0.25) is 5.02 Å². The zero-order chi connectivity index (χ0) is 22.1. The van der Waals surface area contributed by atoms with Gasteiger partial charge in [0, 0.05) is 23.7 Å². The number of likely N-dealkylation sites (N-methyl/N-ethyl adjacent to an activating group) is 1. The van der Waals surface area contributed by atoms with E-state index in [-0.39, 0.29) is 29.0 Å². The van der Waals surface area contributed by atoms with Crippen molar-refractivity contribution in [2.45, 2.75) is 18.7 Å². The molecule has 6 nitrogen and oxygen atoms in total. The molecule has 2 aromatic carbocycles. The molecule has 3 rings (SSSR count). The van der Waals surface area contributed by atoms with Crippen molar-refractivity contribution in [3.8, 4) is 0 Å². The Bertz CT molecular complexity index is 1190. The molecule has 0 fully saturated rings. The zero-order valence-electron chi connectivity index (χ0n) is 17.8. The Hall–Kier alpha value is -1.71. The Kier molecular flexibility index (Phi) is 8.47. The predicted octanol–water partition coefficient (Wildman–Crippen LogP) is 4.68. The Morgan fingerprint density at radius 2 is 1.87 bits per heavy atom. The number of anilines is 1. The number of fused-ring (bicyclic) bond motifs is 1. The molecule has 0 aliphatic heterocycles. The second-order valence-electron chi connectivity index (χ2n) is 7.26. The van der Waals surface area contributed by atoms with E-state index in [1.165, 1.54) is 23.5 Å². The van der Waals surface area contributed by atoms with Gasteiger partial charge in [0.15, 0.2) is 15.0 Å². The molecule has 1 amide bonds. The third-order valence-electron chi connectivity index (χ3n) is 4.71. The zero-order valence-corrected chi connectivity index (χ0v) is 21.0. The molecule has 0 aliphatic carbocycles. The summed E-state index contributed by atoms with van der Waals surface area (Å²) in [6.07, 6.45) is 0. The quantitative estimate of drug-likeness (QED) is 0.469. The Morgan fingerprint density at radius 3 is 2.52 bits per heavy atom. The van der Waals surface area contributed by atoms with Crippen LogP contribution in [0.25, 0.3) is 10.2 Å². The first kappa shape index (κ1) is 25.5. The van der Waals surface area contributed by atoms with Gasteiger partial charge >= 0.3 is 0 Å². The van der Waals surface area contributed by atoms with Crippen LogP contribution in [0.4, 0.5) is 5.13 Å². The minimum atomic E-state index is -3.41. The van der Waals surface area contributed by atoms with Gasteiger partial charge < -0.3 is 4.90 Å². The fraction of sp³-hybridized carbons (Fsp3) is 0.333. The molecule has 0 radical (unpaired) electrons. The number of rotatable bonds is 7. The Labute approximate surface area is 198 Å². The van der Waals surface area contributed by atoms with Crippen LogP contribution >= 0.6 is 35.3 Å². The molecular formula is C21H25Cl2N3O3S2. The smallest absolute Gasteiger partial charge is 0.260 e. The van der Waals surface area contributed by atoms with Crippen molar-refractivity contribution in [1.29, 1.82) is 0 Å². The highest BCUT2D eigenvalue weighted by molar-refractivity contribution is 7.91. The molecule has 10 heteroatoms. The summed E-state index contributed by atoms with van der Waals surface area (Å²) in [6.45, 7) is 4.57. The lowest BCUT2D eigenvalue weighted by Crippen LogP contribution is -2.36. The Balaban J connectivity index is 0.00000341. The first-order valence-corrected chi connectivity index (χ1v) is 12.3. The van der Waals surface area contributed by atoms with Crippen LogP contribution in [0.15, 0.2) is 41.3 Å². The van der Waals surface area contributed by atoms with Crippen LogP contribution in [-0.2, 0) is 9.84 Å². The van der Waals surface area contributed by atoms with Crippen LogP contribution in [0, 0.1) is 6.92 Å². The first-order valence-electron chi connectivity index (χ1n) is 9.48. The highest BCUT2D eigenvalue weighted by Gasteiger charge is 2.23. The average Bonchev–Trinajstić information content (AvgIpc) is 3.12. The van der Waals surface area contributed by atoms with E-state index in [2.05, 4.69) is 0 Å². The number of hydrogen-bond donors (Lipinski definition) is 0. The average molecular weight is 502 g/mol. The van der Waals surface area contributed by atoms with E-state index < -0.39 is 9.84 Å². The molecule has 3 aromatic rings. The molecule has 0 atom stereocenters. The summed E-state index contributed by atoms with van der Waals surface area (Å²) in [5.41, 5.74) is 2.07. The van der Waals surface area contributed by atoms with Gasteiger partial charge in [0.1, 0.15) is 0 Å². The molecule has 0 N–H and O–H groups in total. The number of sulfone groups is 1. The van der Waals surface area contributed by atoms with Gasteiger partial charge in [0.05, 0.1) is 20.9 Å². The monoisotopic (exact) mass is 501 g/mol. The number of halogens is 2. The summed E-state index contributed by atoms with van der Waals surface area (Å²) in [4.78, 5) is 21.8. The molecule has 0 unspecified atom stereocenters. The number of amides is 1. The molecule has 0 aliphatic rings. The fourth-order valence-corrected chi connectivity index (χ4v) is 5.36. The lowest BCUT2D eigenvalue weighted by atomic mass is 10.2. The number of thiazole rings is 1. The molecule has 168 valence electrons. The second kappa shape index (κ2) is 10.3. The lowest BCUT2D eigenvalue weighted by molar-refractivity contribution is 0.0985. The molecule has 1 heterocycles. The van der Waals surface area contributed by atoms with Crippen molar-refractivity contribution in [2.24, 2.45) is 0 Å². The molecule has 1 aromatic heterocycles. The molecule has 0 saturated carbocycles. The highest BCUT2D eigenvalue weighted by Crippen LogP contribution is 2.33. The van der Waals surface area contributed by atoms with E-state index in [4.69, 9.17) is 16.6 Å². The summed E-state index contributed by atoms with van der Waals surface area (Å²) in [5, 5.41) is 1.19. The molecular weight excluding hydrogens is 477 g/mol. The topological polar surface area (TPSA) is 70.6 Å². The summed E-state index contributed by atoms with van der Waals surface area (Å²) in [5.74, 6) is -0.305. The van der Waals surface area contributed by atoms with Gasteiger partial charge in [-0.2, -0.15) is 0 Å². The summed E-state index contributed by atoms with van der Waals surface area (Å²) >= 11 is 7.58. The number of carbonyl (C=O) groups is 1. The van der Waals surface area contributed by atoms with Gasteiger partial charge in [-0.05, 0) is 56.9 Å². The van der Waals surface area contributed by atoms with E-state index in [0.29, 0.717) is 28.8 Å². The van der Waals surface area contributed by atoms with Crippen LogP contribution in [0.3, 0.4) is 0 Å². The Morgan fingerprint density at radius 1 is 1.16 bits per heavy atom. The SMILES string of the molecule is CCS(=O)(=O)c1cccc(C(=O)N(CCN(C)C)c2nc3c(C)cc(Cl)cc3s2)c1.Cl. The van der Waals surface area contributed by atoms with Gasteiger partial charge in [0.2, 0.25) is 0 Å². The van der Waals surface area contributed by atoms with Crippen molar-refractivity contribution in [2.75, 3.05) is 37.8 Å². The number of carbonyl (C=O) groups excluding carboxylic acids is 1. The lowest BCUT2D eigenvalue weighted by Gasteiger charge is -2.22. The van der Waals surface area contributed by atoms with E-state index in [1.54, 1.807) is 24.0 Å². The van der Waals surface area contributed by atoms with E-state index in [0.717, 1.165) is 15.8 Å². The number of nitrogens with zero attached hydrogens (tertiary/aromatic N) is 3. The van der Waals surface area contributed by atoms with E-state index in [9.17, 15) is 13.2 Å². The van der Waals surface area contributed by atoms with Crippen LogP contribution in [0.1, 0.15) is 22.8 Å². The van der Waals surface area contributed by atoms with Gasteiger partial charge in [0.25, 0.3) is 5.91 Å². The first-order chi connectivity index (χ1) is 14.1. The summed E-state index contributed by atoms with van der Waals surface area (Å²) < 4.78 is 25.4. The third kappa shape index (κ3) is 5.75. The molecule has 31 heavy (non-hydrogen) atoms. The van der Waals surface area contributed by atoms with Crippen molar-refractivity contribution in [3.05, 3.63) is 52.5 Å². The predicted molar refractivity (Wildman–Crippen MR) is 131 cm³/mol. The van der Waals surface area contributed by atoms with Crippen molar-refractivity contribution in [1.82, 2.24) is 9.88 Å². The highest BCUT2D eigenvalue weighted by atomic mass is 35.5. The maximum atomic E-state index is 13.4. The summed E-state index contributed by atoms with van der Waals surface area (Å²) in [6, 6.07) is 9.88. The van der Waals surface area contributed by atoms with E-state index in [1.807, 2.05) is 38.1 Å². The van der Waals surface area contributed by atoms with Crippen molar-refractivity contribution in [3.63, 3.8) is 0 Å². The molecule has 0 spiro atoms. The van der Waals surface area contributed by atoms with E-state index >= 15 is 0 Å². The van der Waals surface area contributed by atoms with Crippen LogP contribution < -0.4 is 4.90 Å². The van der Waals surface area contributed by atoms with Crippen LogP contribution in [-0.4, -0.2) is 57.1 Å². The van der Waals surface area contributed by atoms with Crippen molar-refractivity contribution < 1.29 is 13.2 Å². The largest absolute Gasteiger partial charge is 0.308 e. The standard InChI is InChI=1S/C21H24ClN3O3S2.ClH/c1-5-30(27,28)17-8-6-7-15(12-17)20(26)25(10-9-24(3)4)21-23-19-14(2)11-16(22)13-18(19)29-21;/h6-8,11-13H,5,9-10H2,1-4H3;1H. The van der Waals surface area contributed by atoms with Gasteiger partial charge in [-0.15, -0.1) is 12.4 Å². The van der Waals surface area contributed by atoms with Crippen LogP contribution in [0.5, 0.6) is 0 Å². The van der Waals surface area contributed by atoms with Gasteiger partial charge in [-0.1, -0.05) is 35.9 Å². The minimum Gasteiger partial charge on any atom is -0.308 e. The third-order valence-corrected chi connectivity index (χ3v) is 7.68. The van der Waals surface area contributed by atoms with Gasteiger partial charge in [-0.3, -0.25) is 9.69 Å². The number of aromatic nitrogens is 1. The van der Waals surface area contributed by atoms with Gasteiger partial charge in [-0.25, -0.2) is 13.4 Å². The van der Waals surface area contributed by atoms with Crippen molar-refractivity contribution >= 4 is 66.4 Å². The number of hydrogen-bond acceptors (Lipinski definition) is 6. The fourth-order valence-electron chi connectivity index (χ4n) is 2.99. The molecule has 0 saturated heterocycles. The summed E-state index contributed by atoms with van der Waals surface area (Å²) in [7, 11) is 0.452. The molecule has 0 bridgehead atoms. The number of aryl methyl sites for hydroxylation is 1.